The second-order valence-electron chi connectivity index (χ2n) is 7.89. The number of nitrogens with zero attached hydrogens (tertiary/aromatic N) is 3. The summed E-state index contributed by atoms with van der Waals surface area (Å²) in [5.74, 6) is 1.45. The molecule has 1 atom stereocenters. The molecular formula is C19H28N4O3. The second-order valence-corrected chi connectivity index (χ2v) is 7.89. The van der Waals surface area contributed by atoms with Gasteiger partial charge >= 0.3 is 0 Å². The van der Waals surface area contributed by atoms with Crippen LogP contribution in [-0.2, 0) is 16.0 Å². The van der Waals surface area contributed by atoms with Crippen LogP contribution in [0.25, 0.3) is 0 Å². The molecule has 2 amide bonds. The molecule has 1 saturated heterocycles. The Bertz CT molecular complexity index is 739. The number of carbonyl (C=O) groups excluding carboxylic acids is 2. The number of amides is 2. The number of carbonyl (C=O) groups is 2. The quantitative estimate of drug-likeness (QED) is 0.852. The van der Waals surface area contributed by atoms with Gasteiger partial charge < -0.3 is 14.8 Å². The van der Waals surface area contributed by atoms with Crippen LogP contribution in [0.15, 0.2) is 11.0 Å². The fourth-order valence-electron chi connectivity index (χ4n) is 3.50. The van der Waals surface area contributed by atoms with Crippen molar-refractivity contribution in [1.82, 2.24) is 19.8 Å². The third-order valence-electron chi connectivity index (χ3n) is 5.34. The first-order valence-corrected chi connectivity index (χ1v) is 9.47. The van der Waals surface area contributed by atoms with Crippen LogP contribution in [0.5, 0.6) is 0 Å². The number of hydrogen-bond donors (Lipinski definition) is 1. The monoisotopic (exact) mass is 360 g/mol. The molecule has 26 heavy (non-hydrogen) atoms. The van der Waals surface area contributed by atoms with Gasteiger partial charge in [-0.15, -0.1) is 0 Å². The van der Waals surface area contributed by atoms with Crippen molar-refractivity contribution in [2.24, 2.45) is 11.8 Å². The largest absolute Gasteiger partial charge is 0.340 e. The highest BCUT2D eigenvalue weighted by molar-refractivity contribution is 5.81. The van der Waals surface area contributed by atoms with E-state index in [-0.39, 0.29) is 35.8 Å². The first-order chi connectivity index (χ1) is 12.3. The Labute approximate surface area is 153 Å². The number of aromatic nitrogens is 2. The summed E-state index contributed by atoms with van der Waals surface area (Å²) in [5, 5.41) is 0. The van der Waals surface area contributed by atoms with Gasteiger partial charge in [0.1, 0.15) is 5.82 Å². The molecule has 1 aliphatic heterocycles. The van der Waals surface area contributed by atoms with Gasteiger partial charge in [-0.2, -0.15) is 0 Å². The second kappa shape index (κ2) is 7.60. The number of nitrogens with one attached hydrogen (secondary N) is 1. The molecule has 0 spiro atoms. The predicted molar refractivity (Wildman–Crippen MR) is 97.6 cm³/mol. The van der Waals surface area contributed by atoms with Crippen molar-refractivity contribution in [3.05, 3.63) is 27.9 Å². The molecule has 1 N–H and O–H groups in total. The topological polar surface area (TPSA) is 86.4 Å². The van der Waals surface area contributed by atoms with Crippen molar-refractivity contribution in [3.63, 3.8) is 0 Å². The summed E-state index contributed by atoms with van der Waals surface area (Å²) < 4.78 is 0. The summed E-state index contributed by atoms with van der Waals surface area (Å²) in [4.78, 5) is 47.9. The van der Waals surface area contributed by atoms with Gasteiger partial charge in [0.15, 0.2) is 0 Å². The zero-order valence-electron chi connectivity index (χ0n) is 15.8. The Kier molecular flexibility index (Phi) is 5.44. The Morgan fingerprint density at radius 3 is 2.69 bits per heavy atom. The minimum atomic E-state index is -0.271. The van der Waals surface area contributed by atoms with Crippen LogP contribution >= 0.6 is 0 Å². The van der Waals surface area contributed by atoms with Gasteiger partial charge in [0.05, 0.1) is 12.5 Å². The Morgan fingerprint density at radius 2 is 2.08 bits per heavy atom. The molecule has 0 unspecified atom stereocenters. The van der Waals surface area contributed by atoms with Crippen LogP contribution in [0.3, 0.4) is 0 Å². The van der Waals surface area contributed by atoms with Crippen molar-refractivity contribution >= 4 is 11.8 Å². The van der Waals surface area contributed by atoms with Crippen LogP contribution < -0.4 is 5.56 Å². The average Bonchev–Trinajstić information content (AvgIpc) is 3.40. The van der Waals surface area contributed by atoms with Gasteiger partial charge in [0.2, 0.25) is 11.8 Å². The summed E-state index contributed by atoms with van der Waals surface area (Å²) in [6.07, 6.45) is 4.23. The zero-order chi connectivity index (χ0) is 18.8. The number of hydrogen-bond acceptors (Lipinski definition) is 4. The van der Waals surface area contributed by atoms with Crippen LogP contribution in [0.4, 0.5) is 0 Å². The lowest BCUT2D eigenvalue weighted by Crippen LogP contribution is -2.48. The highest BCUT2D eigenvalue weighted by Crippen LogP contribution is 2.32. The molecule has 0 aromatic carbocycles. The smallest absolute Gasteiger partial charge is 0.254 e. The minimum absolute atomic E-state index is 0.0181. The Hall–Kier alpha value is -2.18. The highest BCUT2D eigenvalue weighted by atomic mass is 16.2. The third kappa shape index (κ3) is 4.31. The number of rotatable bonds is 5. The van der Waals surface area contributed by atoms with Crippen molar-refractivity contribution in [1.29, 1.82) is 0 Å². The van der Waals surface area contributed by atoms with Crippen molar-refractivity contribution < 1.29 is 9.59 Å². The van der Waals surface area contributed by atoms with Crippen molar-refractivity contribution in [3.8, 4) is 0 Å². The standard InChI is InChI=1S/C19H28N4O3/c1-12(2)16-11-22(7-6-17(24)23(16)10-14-4-5-14)18(25)8-15-9-20-13(3)21-19(15)26/h9,12,14,16H,4-8,10-11H2,1-3H3,(H,20,21,26)/t16-/m1/s1. The summed E-state index contributed by atoms with van der Waals surface area (Å²) in [7, 11) is 0. The van der Waals surface area contributed by atoms with Gasteiger partial charge in [-0.25, -0.2) is 4.98 Å². The van der Waals surface area contributed by atoms with E-state index in [1.807, 2.05) is 4.90 Å². The Morgan fingerprint density at radius 1 is 1.35 bits per heavy atom. The molecule has 7 nitrogen and oxygen atoms in total. The predicted octanol–water partition coefficient (Wildman–Crippen LogP) is 1.12. The molecule has 2 aliphatic rings. The summed E-state index contributed by atoms with van der Waals surface area (Å²) in [6.45, 7) is 7.66. The van der Waals surface area contributed by atoms with Crippen LogP contribution in [0.2, 0.25) is 0 Å². The number of H-pyrrole nitrogens is 1. The van der Waals surface area contributed by atoms with Gasteiger partial charge in [-0.3, -0.25) is 14.4 Å². The molecule has 0 bridgehead atoms. The van der Waals surface area contributed by atoms with E-state index < -0.39 is 0 Å². The maximum absolute atomic E-state index is 12.8. The van der Waals surface area contributed by atoms with Gasteiger partial charge in [0.25, 0.3) is 5.56 Å². The lowest BCUT2D eigenvalue weighted by molar-refractivity contribution is -0.134. The SMILES string of the molecule is Cc1ncc(CC(=O)N2CCC(=O)N(CC3CC3)[C@@H](C(C)C)C2)c(=O)[nH]1. The van der Waals surface area contributed by atoms with Crippen LogP contribution in [0.1, 0.15) is 44.5 Å². The summed E-state index contributed by atoms with van der Waals surface area (Å²) >= 11 is 0. The van der Waals surface area contributed by atoms with Gasteiger partial charge in [-0.1, -0.05) is 13.8 Å². The van der Waals surface area contributed by atoms with E-state index in [0.717, 1.165) is 6.54 Å². The van der Waals surface area contributed by atoms with Crippen molar-refractivity contribution in [2.45, 2.75) is 52.5 Å². The normalized spacial score (nSPS) is 21.2. The van der Waals surface area contributed by atoms with E-state index in [1.54, 1.807) is 11.8 Å². The van der Waals surface area contributed by atoms with E-state index in [4.69, 9.17) is 0 Å². The average molecular weight is 360 g/mol. The van der Waals surface area contributed by atoms with E-state index in [1.165, 1.54) is 19.0 Å². The summed E-state index contributed by atoms with van der Waals surface area (Å²) in [6, 6.07) is 0.0315. The van der Waals surface area contributed by atoms with E-state index in [9.17, 15) is 14.4 Å². The molecule has 2 heterocycles. The molecular weight excluding hydrogens is 332 g/mol. The molecule has 1 aromatic rings. The molecule has 1 aromatic heterocycles. The maximum atomic E-state index is 12.8. The minimum Gasteiger partial charge on any atom is -0.340 e. The molecule has 1 aliphatic carbocycles. The van der Waals surface area contributed by atoms with Gasteiger partial charge in [-0.05, 0) is 31.6 Å². The molecule has 142 valence electrons. The van der Waals surface area contributed by atoms with Crippen LogP contribution in [-0.4, -0.2) is 57.3 Å². The zero-order valence-corrected chi connectivity index (χ0v) is 15.8. The lowest BCUT2D eigenvalue weighted by Gasteiger charge is -2.34. The first kappa shape index (κ1) is 18.6. The lowest BCUT2D eigenvalue weighted by atomic mass is 10.0. The molecule has 0 radical (unpaired) electrons. The molecule has 1 saturated carbocycles. The first-order valence-electron chi connectivity index (χ1n) is 9.47. The Balaban J connectivity index is 1.73. The third-order valence-corrected chi connectivity index (χ3v) is 5.34. The van der Waals surface area contributed by atoms with Gasteiger partial charge in [0, 0.05) is 37.8 Å². The van der Waals surface area contributed by atoms with Crippen LogP contribution in [0, 0.1) is 18.8 Å². The van der Waals surface area contributed by atoms with E-state index >= 15 is 0 Å². The highest BCUT2D eigenvalue weighted by Gasteiger charge is 2.36. The molecule has 7 heteroatoms. The number of aromatic amines is 1. The van der Waals surface area contributed by atoms with E-state index in [0.29, 0.717) is 36.8 Å². The summed E-state index contributed by atoms with van der Waals surface area (Å²) in [5.41, 5.74) is 0.0969. The molecule has 2 fully saturated rings. The fourth-order valence-corrected chi connectivity index (χ4v) is 3.50. The van der Waals surface area contributed by atoms with Crippen molar-refractivity contribution in [2.75, 3.05) is 19.6 Å². The maximum Gasteiger partial charge on any atom is 0.254 e. The number of aryl methyl sites for hydroxylation is 1. The molecule has 3 rings (SSSR count). The van der Waals surface area contributed by atoms with E-state index in [2.05, 4.69) is 23.8 Å². The fraction of sp³-hybridized carbons (Fsp3) is 0.684.